The lowest BCUT2D eigenvalue weighted by atomic mass is 9.79. The van der Waals surface area contributed by atoms with Gasteiger partial charge >= 0.3 is 5.97 Å². The van der Waals surface area contributed by atoms with E-state index in [2.05, 4.69) is 5.32 Å². The fourth-order valence-electron chi connectivity index (χ4n) is 3.61. The van der Waals surface area contributed by atoms with Gasteiger partial charge in [0, 0.05) is 12.1 Å². The van der Waals surface area contributed by atoms with Gasteiger partial charge in [0.15, 0.2) is 10.8 Å². The topological polar surface area (TPSA) is 60.0 Å². The molecule has 6 nitrogen and oxygen atoms in total. The van der Waals surface area contributed by atoms with Crippen LogP contribution in [0.5, 0.6) is 11.5 Å². The number of carbonyl (C=O) groups excluding carboxylic acids is 1. The summed E-state index contributed by atoms with van der Waals surface area (Å²) in [5, 5.41) is 3.86. The molecule has 0 aliphatic carbocycles. The smallest absolute Gasteiger partial charge is 0.317 e. The molecule has 1 aromatic carbocycles. The maximum absolute atomic E-state index is 12.7. The molecule has 0 radical (unpaired) electrons. The first-order valence-electron chi connectivity index (χ1n) is 8.08. The number of esters is 1. The number of thiocarbonyl (C=S) groups is 1. The SMILES string of the molecule is CCOC(=O)[C@H]1[C@@H]2NC(=S)N(CC)[C@@]1(C)Oc1ccc(OC)cc12. The Morgan fingerprint density at radius 1 is 1.46 bits per heavy atom. The van der Waals surface area contributed by atoms with Crippen LogP contribution in [0.1, 0.15) is 32.4 Å². The molecule has 1 saturated heterocycles. The Morgan fingerprint density at radius 3 is 2.83 bits per heavy atom. The average Bonchev–Trinajstić information content (AvgIpc) is 2.54. The van der Waals surface area contributed by atoms with Crippen molar-refractivity contribution in [3.05, 3.63) is 23.8 Å². The summed E-state index contributed by atoms with van der Waals surface area (Å²) in [5.74, 6) is 0.585. The molecule has 3 atom stereocenters. The van der Waals surface area contributed by atoms with Crippen molar-refractivity contribution in [2.24, 2.45) is 5.92 Å². The van der Waals surface area contributed by atoms with Gasteiger partial charge in [-0.25, -0.2) is 0 Å². The summed E-state index contributed by atoms with van der Waals surface area (Å²) in [5.41, 5.74) is -0.0433. The van der Waals surface area contributed by atoms with Crippen LogP contribution in [0, 0.1) is 5.92 Å². The minimum absolute atomic E-state index is 0.299. The number of ether oxygens (including phenoxy) is 3. The first-order valence-corrected chi connectivity index (χ1v) is 8.48. The average molecular weight is 350 g/mol. The van der Waals surface area contributed by atoms with Gasteiger partial charge in [-0.2, -0.15) is 0 Å². The summed E-state index contributed by atoms with van der Waals surface area (Å²) in [6, 6.07) is 5.27. The molecule has 1 N–H and O–H groups in total. The second-order valence-electron chi connectivity index (χ2n) is 5.96. The predicted octanol–water partition coefficient (Wildman–Crippen LogP) is 2.23. The van der Waals surface area contributed by atoms with Crippen molar-refractivity contribution in [2.75, 3.05) is 20.3 Å². The fourth-order valence-corrected chi connectivity index (χ4v) is 4.04. The molecular formula is C17H22N2O4S. The summed E-state index contributed by atoms with van der Waals surface area (Å²) in [6.07, 6.45) is 0. The molecular weight excluding hydrogens is 328 g/mol. The minimum Gasteiger partial charge on any atom is -0.497 e. The predicted molar refractivity (Wildman–Crippen MR) is 93.0 cm³/mol. The zero-order valence-corrected chi connectivity index (χ0v) is 15.1. The van der Waals surface area contributed by atoms with Crippen molar-refractivity contribution in [3.8, 4) is 11.5 Å². The lowest BCUT2D eigenvalue weighted by Crippen LogP contribution is -2.71. The van der Waals surface area contributed by atoms with Crippen LogP contribution < -0.4 is 14.8 Å². The number of fused-ring (bicyclic) bond motifs is 4. The van der Waals surface area contributed by atoms with Crippen LogP contribution in [0.15, 0.2) is 18.2 Å². The summed E-state index contributed by atoms with van der Waals surface area (Å²) in [4.78, 5) is 14.6. The first-order chi connectivity index (χ1) is 11.5. The molecule has 0 saturated carbocycles. The van der Waals surface area contributed by atoms with E-state index in [9.17, 15) is 4.79 Å². The summed E-state index contributed by atoms with van der Waals surface area (Å²) >= 11 is 5.50. The highest BCUT2D eigenvalue weighted by Crippen LogP contribution is 2.49. The zero-order valence-electron chi connectivity index (χ0n) is 14.3. The lowest BCUT2D eigenvalue weighted by molar-refractivity contribution is -0.174. The highest BCUT2D eigenvalue weighted by molar-refractivity contribution is 7.80. The normalized spacial score (nSPS) is 27.7. The number of rotatable bonds is 4. The van der Waals surface area contributed by atoms with Crippen molar-refractivity contribution >= 4 is 23.3 Å². The first kappa shape index (κ1) is 16.8. The van der Waals surface area contributed by atoms with Crippen LogP contribution >= 0.6 is 12.2 Å². The maximum atomic E-state index is 12.7. The molecule has 0 aromatic heterocycles. The van der Waals surface area contributed by atoms with Gasteiger partial charge in [-0.05, 0) is 51.2 Å². The second-order valence-corrected chi connectivity index (χ2v) is 6.35. The van der Waals surface area contributed by atoms with Crippen molar-refractivity contribution in [1.82, 2.24) is 10.2 Å². The van der Waals surface area contributed by atoms with Crippen molar-refractivity contribution in [2.45, 2.75) is 32.5 Å². The lowest BCUT2D eigenvalue weighted by Gasteiger charge is -2.55. The molecule has 3 rings (SSSR count). The van der Waals surface area contributed by atoms with Gasteiger partial charge in [-0.15, -0.1) is 0 Å². The van der Waals surface area contributed by atoms with E-state index in [1.807, 2.05) is 36.9 Å². The molecule has 0 spiro atoms. The Kier molecular flexibility index (Phi) is 4.29. The molecule has 1 fully saturated rings. The van der Waals surface area contributed by atoms with Crippen LogP contribution in [0.4, 0.5) is 0 Å². The van der Waals surface area contributed by atoms with E-state index < -0.39 is 11.6 Å². The van der Waals surface area contributed by atoms with E-state index in [1.165, 1.54) is 0 Å². The van der Waals surface area contributed by atoms with Crippen LogP contribution in [-0.2, 0) is 9.53 Å². The molecule has 2 heterocycles. The summed E-state index contributed by atoms with van der Waals surface area (Å²) < 4.78 is 16.9. The van der Waals surface area contributed by atoms with Crippen LogP contribution in [0.25, 0.3) is 0 Å². The third kappa shape index (κ3) is 2.38. The van der Waals surface area contributed by atoms with Gasteiger partial charge in [-0.1, -0.05) is 0 Å². The number of hydrogen-bond acceptors (Lipinski definition) is 5. The molecule has 2 aliphatic heterocycles. The Hall–Kier alpha value is -2.02. The van der Waals surface area contributed by atoms with E-state index >= 15 is 0 Å². The number of carbonyl (C=O) groups is 1. The number of nitrogens with one attached hydrogen (secondary N) is 1. The van der Waals surface area contributed by atoms with E-state index in [0.717, 1.165) is 11.3 Å². The molecule has 0 amide bonds. The van der Waals surface area contributed by atoms with Gasteiger partial charge in [0.2, 0.25) is 0 Å². The van der Waals surface area contributed by atoms with E-state index in [1.54, 1.807) is 14.0 Å². The van der Waals surface area contributed by atoms with Gasteiger partial charge < -0.3 is 24.4 Å². The standard InChI is InChI=1S/C17H22N2O4S/c1-5-19-16(24)18-14-11-9-10(21-4)7-8-12(11)23-17(19,3)13(14)15(20)22-6-2/h7-9,13-14H,5-6H2,1-4H3,(H,18,24)/t13-,14-,17+/m1/s1. The second kappa shape index (κ2) is 6.12. The number of methoxy groups -OCH3 is 1. The third-order valence-electron chi connectivity index (χ3n) is 4.70. The van der Waals surface area contributed by atoms with E-state index in [4.69, 9.17) is 26.4 Å². The Morgan fingerprint density at radius 2 is 2.21 bits per heavy atom. The monoisotopic (exact) mass is 350 g/mol. The molecule has 2 bridgehead atoms. The molecule has 24 heavy (non-hydrogen) atoms. The molecule has 7 heteroatoms. The van der Waals surface area contributed by atoms with Crippen molar-refractivity contribution < 1.29 is 19.0 Å². The van der Waals surface area contributed by atoms with Crippen LogP contribution in [0.3, 0.4) is 0 Å². The third-order valence-corrected chi connectivity index (χ3v) is 5.03. The van der Waals surface area contributed by atoms with Gasteiger partial charge in [0.1, 0.15) is 17.4 Å². The largest absolute Gasteiger partial charge is 0.497 e. The molecule has 130 valence electrons. The van der Waals surface area contributed by atoms with E-state index in [0.29, 0.717) is 24.0 Å². The summed E-state index contributed by atoms with van der Waals surface area (Å²) in [6.45, 7) is 6.61. The number of nitrogens with zero attached hydrogens (tertiary/aromatic N) is 1. The van der Waals surface area contributed by atoms with Crippen LogP contribution in [-0.4, -0.2) is 42.0 Å². The molecule has 0 unspecified atom stereocenters. The number of benzene rings is 1. The Balaban J connectivity index is 2.14. The molecule has 1 aromatic rings. The minimum atomic E-state index is -0.893. The van der Waals surface area contributed by atoms with Crippen molar-refractivity contribution in [1.29, 1.82) is 0 Å². The quantitative estimate of drug-likeness (QED) is 0.660. The number of hydrogen-bond donors (Lipinski definition) is 1. The summed E-state index contributed by atoms with van der Waals surface area (Å²) in [7, 11) is 1.61. The van der Waals surface area contributed by atoms with Crippen molar-refractivity contribution in [3.63, 3.8) is 0 Å². The highest BCUT2D eigenvalue weighted by Gasteiger charge is 2.59. The van der Waals surface area contributed by atoms with E-state index in [-0.39, 0.29) is 12.0 Å². The maximum Gasteiger partial charge on any atom is 0.317 e. The Bertz CT molecular complexity index is 681. The highest BCUT2D eigenvalue weighted by atomic mass is 32.1. The Labute approximate surface area is 147 Å². The zero-order chi connectivity index (χ0) is 17.5. The van der Waals surface area contributed by atoms with Gasteiger partial charge in [-0.3, -0.25) is 4.79 Å². The van der Waals surface area contributed by atoms with Crippen LogP contribution in [0.2, 0.25) is 0 Å². The molecule has 2 aliphatic rings. The van der Waals surface area contributed by atoms with Gasteiger partial charge in [0.05, 0.1) is 19.8 Å². The van der Waals surface area contributed by atoms with Gasteiger partial charge in [0.25, 0.3) is 0 Å². The fraction of sp³-hybridized carbons (Fsp3) is 0.529.